The molecule has 0 aliphatic carbocycles. The highest BCUT2D eigenvalue weighted by Crippen LogP contribution is 2.29. The number of hydrogen-bond donors (Lipinski definition) is 1. The van der Waals surface area contributed by atoms with Crippen LogP contribution in [0.4, 0.5) is 5.82 Å². The van der Waals surface area contributed by atoms with E-state index in [9.17, 15) is 8.42 Å². The second-order valence-corrected chi connectivity index (χ2v) is 8.31. The van der Waals surface area contributed by atoms with Gasteiger partial charge in [0.2, 0.25) is 5.28 Å². The van der Waals surface area contributed by atoms with Gasteiger partial charge < -0.3 is 5.32 Å². The Labute approximate surface area is 120 Å². The van der Waals surface area contributed by atoms with Gasteiger partial charge in [0.25, 0.3) is 0 Å². The summed E-state index contributed by atoms with van der Waals surface area (Å²) in [6.45, 7) is 3.77. The molecule has 2 aromatic rings. The van der Waals surface area contributed by atoms with Gasteiger partial charge in [0, 0.05) is 17.2 Å². The first kappa shape index (κ1) is 14.5. The molecule has 2 aromatic heterocycles. The molecule has 1 N–H and O–H groups in total. The highest BCUT2D eigenvalue weighted by atomic mass is 35.5. The standard InChI is InChI=1S/C11H14ClN3O2S2/c1-6(5-19(3,16)17)13-9-8-4-7(2)18-10(8)15-11(12)14-9/h4,6H,5H2,1-3H3,(H,13,14,15). The van der Waals surface area contributed by atoms with Crippen LogP contribution in [0.5, 0.6) is 0 Å². The van der Waals surface area contributed by atoms with Crippen LogP contribution >= 0.6 is 22.9 Å². The molecule has 0 radical (unpaired) electrons. The van der Waals surface area contributed by atoms with Crippen molar-refractivity contribution in [3.63, 3.8) is 0 Å². The molecule has 2 heterocycles. The number of aromatic nitrogens is 2. The number of rotatable bonds is 4. The summed E-state index contributed by atoms with van der Waals surface area (Å²) in [7, 11) is -3.04. The third kappa shape index (κ3) is 3.77. The van der Waals surface area contributed by atoms with Gasteiger partial charge in [0.05, 0.1) is 11.1 Å². The number of nitrogens with one attached hydrogen (secondary N) is 1. The Hall–Kier alpha value is -0.920. The van der Waals surface area contributed by atoms with E-state index in [0.29, 0.717) is 5.82 Å². The molecule has 8 heteroatoms. The van der Waals surface area contributed by atoms with Crippen LogP contribution in [0.1, 0.15) is 11.8 Å². The summed E-state index contributed by atoms with van der Waals surface area (Å²) in [6, 6.07) is 1.72. The maximum atomic E-state index is 11.3. The van der Waals surface area contributed by atoms with Crippen LogP contribution in [0, 0.1) is 6.92 Å². The van der Waals surface area contributed by atoms with Gasteiger partial charge in [-0.15, -0.1) is 11.3 Å². The van der Waals surface area contributed by atoms with Gasteiger partial charge in [-0.3, -0.25) is 0 Å². The quantitative estimate of drug-likeness (QED) is 0.877. The molecule has 0 aliphatic heterocycles. The summed E-state index contributed by atoms with van der Waals surface area (Å²) in [5.74, 6) is 0.620. The van der Waals surface area contributed by atoms with Gasteiger partial charge in [-0.1, -0.05) is 0 Å². The minimum absolute atomic E-state index is 0.0409. The number of nitrogens with zero attached hydrogens (tertiary/aromatic N) is 2. The van der Waals surface area contributed by atoms with E-state index in [1.165, 1.54) is 17.6 Å². The van der Waals surface area contributed by atoms with Crippen molar-refractivity contribution in [2.45, 2.75) is 19.9 Å². The predicted octanol–water partition coefficient (Wildman–Crippen LogP) is 2.50. The zero-order valence-corrected chi connectivity index (χ0v) is 13.2. The maximum absolute atomic E-state index is 11.3. The lowest BCUT2D eigenvalue weighted by molar-refractivity contribution is 0.598. The maximum Gasteiger partial charge on any atom is 0.225 e. The summed E-state index contributed by atoms with van der Waals surface area (Å²) in [4.78, 5) is 10.2. The molecule has 0 saturated carbocycles. The van der Waals surface area contributed by atoms with Crippen molar-refractivity contribution < 1.29 is 8.42 Å². The van der Waals surface area contributed by atoms with Crippen molar-refractivity contribution >= 4 is 48.8 Å². The second-order valence-electron chi connectivity index (χ2n) is 4.55. The molecule has 2 rings (SSSR count). The van der Waals surface area contributed by atoms with Crippen LogP contribution in [0.15, 0.2) is 6.07 Å². The van der Waals surface area contributed by atoms with Crippen LogP contribution in [-0.2, 0) is 9.84 Å². The number of sulfone groups is 1. The third-order valence-corrected chi connectivity index (χ3v) is 4.64. The Morgan fingerprint density at radius 3 is 2.79 bits per heavy atom. The van der Waals surface area contributed by atoms with E-state index in [4.69, 9.17) is 11.6 Å². The van der Waals surface area contributed by atoms with Crippen molar-refractivity contribution in [2.75, 3.05) is 17.3 Å². The third-order valence-electron chi connectivity index (χ3n) is 2.42. The van der Waals surface area contributed by atoms with E-state index < -0.39 is 9.84 Å². The number of hydrogen-bond acceptors (Lipinski definition) is 6. The van der Waals surface area contributed by atoms with Crippen LogP contribution in [0.2, 0.25) is 5.28 Å². The number of aryl methyl sites for hydroxylation is 1. The molecule has 0 aromatic carbocycles. The van der Waals surface area contributed by atoms with Crippen molar-refractivity contribution in [3.05, 3.63) is 16.2 Å². The Balaban J connectivity index is 2.34. The lowest BCUT2D eigenvalue weighted by Gasteiger charge is -2.14. The highest BCUT2D eigenvalue weighted by Gasteiger charge is 2.15. The zero-order chi connectivity index (χ0) is 14.2. The summed E-state index contributed by atoms with van der Waals surface area (Å²) in [6.07, 6.45) is 1.21. The number of anilines is 1. The molecule has 1 unspecified atom stereocenters. The first-order valence-corrected chi connectivity index (χ1v) is 8.88. The summed E-state index contributed by atoms with van der Waals surface area (Å²) in [5.41, 5.74) is 0. The topological polar surface area (TPSA) is 72.0 Å². The van der Waals surface area contributed by atoms with Crippen molar-refractivity contribution in [2.24, 2.45) is 0 Å². The first-order valence-electron chi connectivity index (χ1n) is 5.62. The van der Waals surface area contributed by atoms with Gasteiger partial charge in [0.1, 0.15) is 20.5 Å². The summed E-state index contributed by atoms with van der Waals surface area (Å²) < 4.78 is 22.5. The Morgan fingerprint density at radius 1 is 1.47 bits per heavy atom. The molecule has 104 valence electrons. The lowest BCUT2D eigenvalue weighted by Crippen LogP contribution is -2.25. The van der Waals surface area contributed by atoms with Crippen LogP contribution in [0.25, 0.3) is 10.2 Å². The molecular formula is C11H14ClN3O2S2. The van der Waals surface area contributed by atoms with E-state index in [1.54, 1.807) is 6.92 Å². The van der Waals surface area contributed by atoms with Crippen LogP contribution in [0.3, 0.4) is 0 Å². The minimum atomic E-state index is -3.04. The zero-order valence-electron chi connectivity index (χ0n) is 10.8. The van der Waals surface area contributed by atoms with Crippen molar-refractivity contribution in [1.82, 2.24) is 9.97 Å². The molecular weight excluding hydrogens is 306 g/mol. The molecule has 0 spiro atoms. The van der Waals surface area contributed by atoms with E-state index in [0.717, 1.165) is 15.1 Å². The SMILES string of the molecule is Cc1cc2c(NC(C)CS(C)(=O)=O)nc(Cl)nc2s1. The second kappa shape index (κ2) is 5.22. The monoisotopic (exact) mass is 319 g/mol. The molecule has 5 nitrogen and oxygen atoms in total. The Bertz CT molecular complexity index is 712. The fourth-order valence-corrected chi connectivity index (χ4v) is 3.95. The number of fused-ring (bicyclic) bond motifs is 1. The molecule has 0 saturated heterocycles. The van der Waals surface area contributed by atoms with Gasteiger partial charge in [-0.25, -0.2) is 18.4 Å². The Kier molecular flexibility index (Phi) is 3.98. The molecule has 0 amide bonds. The number of halogens is 1. The van der Waals surface area contributed by atoms with Crippen LogP contribution < -0.4 is 5.32 Å². The van der Waals surface area contributed by atoms with E-state index in [2.05, 4.69) is 15.3 Å². The number of thiophene rings is 1. The molecule has 0 aliphatic rings. The van der Waals surface area contributed by atoms with E-state index in [1.807, 2.05) is 13.0 Å². The Morgan fingerprint density at radius 2 is 2.16 bits per heavy atom. The van der Waals surface area contributed by atoms with Gasteiger partial charge in [-0.2, -0.15) is 0 Å². The normalized spacial score (nSPS) is 13.7. The van der Waals surface area contributed by atoms with E-state index >= 15 is 0 Å². The summed E-state index contributed by atoms with van der Waals surface area (Å²) in [5, 5.41) is 4.11. The van der Waals surface area contributed by atoms with E-state index in [-0.39, 0.29) is 17.1 Å². The highest BCUT2D eigenvalue weighted by molar-refractivity contribution is 7.90. The fourth-order valence-electron chi connectivity index (χ4n) is 1.86. The van der Waals surface area contributed by atoms with Gasteiger partial charge >= 0.3 is 0 Å². The average Bonchev–Trinajstić information content (AvgIpc) is 2.55. The average molecular weight is 320 g/mol. The lowest BCUT2D eigenvalue weighted by atomic mass is 10.3. The van der Waals surface area contributed by atoms with Crippen molar-refractivity contribution in [3.8, 4) is 0 Å². The van der Waals surface area contributed by atoms with Gasteiger partial charge in [0.15, 0.2) is 0 Å². The molecule has 0 fully saturated rings. The molecule has 19 heavy (non-hydrogen) atoms. The smallest absolute Gasteiger partial charge is 0.225 e. The predicted molar refractivity (Wildman–Crippen MR) is 80.0 cm³/mol. The first-order chi connectivity index (χ1) is 8.74. The van der Waals surface area contributed by atoms with Crippen molar-refractivity contribution in [1.29, 1.82) is 0 Å². The van der Waals surface area contributed by atoms with Crippen LogP contribution in [-0.4, -0.2) is 36.4 Å². The van der Waals surface area contributed by atoms with Gasteiger partial charge in [-0.05, 0) is 31.5 Å². The fraction of sp³-hybridized carbons (Fsp3) is 0.455. The minimum Gasteiger partial charge on any atom is -0.366 e. The summed E-state index contributed by atoms with van der Waals surface area (Å²) >= 11 is 7.40. The molecule has 1 atom stereocenters. The molecule has 0 bridgehead atoms. The largest absolute Gasteiger partial charge is 0.366 e.